The molecule has 0 aliphatic carbocycles. The lowest BCUT2D eigenvalue weighted by Crippen LogP contribution is -2.27. The molecule has 29 heavy (non-hydrogen) atoms. The number of benzene rings is 2. The zero-order chi connectivity index (χ0) is 21.4. The van der Waals surface area contributed by atoms with E-state index in [0.717, 1.165) is 0 Å². The van der Waals surface area contributed by atoms with Gasteiger partial charge in [0.1, 0.15) is 5.75 Å². The number of amides is 2. The minimum atomic E-state index is -3.57. The van der Waals surface area contributed by atoms with Gasteiger partial charge in [-0.15, -0.1) is 0 Å². The van der Waals surface area contributed by atoms with E-state index < -0.39 is 10.0 Å². The fourth-order valence-electron chi connectivity index (χ4n) is 2.26. The molecule has 2 amide bonds. The van der Waals surface area contributed by atoms with Gasteiger partial charge in [-0.2, -0.15) is 0 Å². The van der Waals surface area contributed by atoms with Gasteiger partial charge in [0.25, 0.3) is 5.91 Å². The molecule has 2 aromatic rings. The van der Waals surface area contributed by atoms with Crippen molar-refractivity contribution < 1.29 is 22.7 Å². The van der Waals surface area contributed by atoms with Crippen LogP contribution in [0.25, 0.3) is 0 Å². The van der Waals surface area contributed by atoms with Crippen molar-refractivity contribution in [1.29, 1.82) is 0 Å². The summed E-state index contributed by atoms with van der Waals surface area (Å²) in [5.41, 5.74) is 1.19. The van der Waals surface area contributed by atoms with Gasteiger partial charge in [-0.3, -0.25) is 9.59 Å². The maximum absolute atomic E-state index is 12.2. The van der Waals surface area contributed by atoms with Crippen LogP contribution in [-0.4, -0.2) is 33.4 Å². The third kappa shape index (κ3) is 7.55. The average Bonchev–Trinajstić information content (AvgIpc) is 2.66. The van der Waals surface area contributed by atoms with Gasteiger partial charge in [-0.05, 0) is 54.4 Å². The predicted octanol–water partition coefficient (Wildman–Crippen LogP) is 2.60. The lowest BCUT2D eigenvalue weighted by molar-refractivity contribution is -0.118. The second kappa shape index (κ2) is 10.0. The number of sulfonamides is 1. The lowest BCUT2D eigenvalue weighted by Gasteiger charge is -2.10. The van der Waals surface area contributed by atoms with E-state index in [2.05, 4.69) is 15.4 Å². The Morgan fingerprint density at radius 3 is 2.00 bits per heavy atom. The van der Waals surface area contributed by atoms with Crippen LogP contribution >= 0.6 is 0 Å². The third-order valence-corrected chi connectivity index (χ3v) is 5.11. The fourth-order valence-corrected chi connectivity index (χ4v) is 3.47. The summed E-state index contributed by atoms with van der Waals surface area (Å²) in [6, 6.07) is 12.5. The largest absolute Gasteiger partial charge is 0.484 e. The molecule has 8 nitrogen and oxygen atoms in total. The summed E-state index contributed by atoms with van der Waals surface area (Å²) in [7, 11) is -3.57. The highest BCUT2D eigenvalue weighted by Gasteiger charge is 2.14. The van der Waals surface area contributed by atoms with Crippen LogP contribution in [0.5, 0.6) is 5.75 Å². The van der Waals surface area contributed by atoms with Crippen LogP contribution in [0.2, 0.25) is 0 Å². The summed E-state index contributed by atoms with van der Waals surface area (Å²) in [4.78, 5) is 23.1. The molecular formula is C20H25N3O5S. The molecule has 0 aliphatic heterocycles. The quantitative estimate of drug-likeness (QED) is 0.578. The molecule has 2 rings (SSSR count). The Balaban J connectivity index is 1.86. The molecule has 3 N–H and O–H groups in total. The summed E-state index contributed by atoms with van der Waals surface area (Å²) in [6.07, 6.45) is 0. The van der Waals surface area contributed by atoms with Gasteiger partial charge in [-0.1, -0.05) is 13.8 Å². The second-order valence-corrected chi connectivity index (χ2v) is 8.58. The smallest absolute Gasteiger partial charge is 0.262 e. The molecule has 0 unspecified atom stereocenters. The highest BCUT2D eigenvalue weighted by atomic mass is 32.2. The van der Waals surface area contributed by atoms with Crippen LogP contribution in [0.4, 0.5) is 11.4 Å². The van der Waals surface area contributed by atoms with Crippen molar-refractivity contribution in [2.24, 2.45) is 5.92 Å². The minimum absolute atomic E-state index is 0.134. The first-order valence-electron chi connectivity index (χ1n) is 9.06. The molecule has 0 bridgehead atoms. The molecule has 0 aliphatic rings. The molecule has 0 spiro atoms. The zero-order valence-corrected chi connectivity index (χ0v) is 17.4. The first-order valence-corrected chi connectivity index (χ1v) is 10.5. The maximum atomic E-state index is 12.2. The van der Waals surface area contributed by atoms with Crippen molar-refractivity contribution in [3.8, 4) is 5.75 Å². The van der Waals surface area contributed by atoms with Gasteiger partial charge >= 0.3 is 0 Å². The predicted molar refractivity (Wildman–Crippen MR) is 111 cm³/mol. The van der Waals surface area contributed by atoms with E-state index in [1.165, 1.54) is 31.2 Å². The van der Waals surface area contributed by atoms with Crippen LogP contribution in [0.15, 0.2) is 53.4 Å². The molecule has 0 heterocycles. The van der Waals surface area contributed by atoms with Crippen molar-refractivity contribution >= 4 is 33.2 Å². The van der Waals surface area contributed by atoms with Crippen LogP contribution in [-0.2, 0) is 19.6 Å². The highest BCUT2D eigenvalue weighted by molar-refractivity contribution is 7.89. The molecule has 156 valence electrons. The lowest BCUT2D eigenvalue weighted by atomic mass is 10.2. The molecular weight excluding hydrogens is 394 g/mol. The van der Waals surface area contributed by atoms with Gasteiger partial charge in [0.2, 0.25) is 15.9 Å². The van der Waals surface area contributed by atoms with Crippen molar-refractivity contribution in [3.05, 3.63) is 48.5 Å². The molecule has 9 heteroatoms. The normalized spacial score (nSPS) is 11.2. The van der Waals surface area contributed by atoms with Crippen molar-refractivity contribution in [2.75, 3.05) is 23.8 Å². The number of hydrogen-bond acceptors (Lipinski definition) is 5. The number of carbonyl (C=O) groups is 2. The molecule has 2 aromatic carbocycles. The summed E-state index contributed by atoms with van der Waals surface area (Å²) in [5.74, 6) is 0.0359. The summed E-state index contributed by atoms with van der Waals surface area (Å²) in [5, 5.41) is 5.31. The third-order valence-electron chi connectivity index (χ3n) is 3.67. The molecule has 0 saturated carbocycles. The summed E-state index contributed by atoms with van der Waals surface area (Å²) >= 11 is 0. The average molecular weight is 420 g/mol. The van der Waals surface area contributed by atoms with Gasteiger partial charge < -0.3 is 15.4 Å². The monoisotopic (exact) mass is 419 g/mol. The highest BCUT2D eigenvalue weighted by Crippen LogP contribution is 2.17. The number of rotatable bonds is 9. The molecule has 0 fully saturated rings. The molecule has 0 saturated heterocycles. The first kappa shape index (κ1) is 22.4. The first-order chi connectivity index (χ1) is 13.7. The Morgan fingerprint density at radius 1 is 0.931 bits per heavy atom. The minimum Gasteiger partial charge on any atom is -0.484 e. The summed E-state index contributed by atoms with van der Waals surface area (Å²) in [6.45, 7) is 5.37. The Morgan fingerprint density at radius 2 is 1.48 bits per heavy atom. The fraction of sp³-hybridized carbons (Fsp3) is 0.300. The van der Waals surface area contributed by atoms with Crippen molar-refractivity contribution in [3.63, 3.8) is 0 Å². The van der Waals surface area contributed by atoms with Crippen molar-refractivity contribution in [1.82, 2.24) is 4.72 Å². The molecule has 0 aromatic heterocycles. The topological polar surface area (TPSA) is 114 Å². The van der Waals surface area contributed by atoms with E-state index >= 15 is 0 Å². The van der Waals surface area contributed by atoms with Gasteiger partial charge in [0.15, 0.2) is 6.61 Å². The van der Waals surface area contributed by atoms with Crippen LogP contribution < -0.4 is 20.1 Å². The Kier molecular flexibility index (Phi) is 7.74. The van der Waals surface area contributed by atoms with Gasteiger partial charge in [0.05, 0.1) is 4.90 Å². The van der Waals surface area contributed by atoms with Crippen LogP contribution in [0.3, 0.4) is 0 Å². The Bertz CT molecular complexity index is 939. The number of ether oxygens (including phenoxy) is 1. The van der Waals surface area contributed by atoms with E-state index in [1.807, 2.05) is 13.8 Å². The standard InChI is InChI=1S/C20H25N3O5S/c1-14(2)12-21-29(26,27)19-10-8-18(9-11-19)28-13-20(25)23-17-6-4-16(5-7-17)22-15(3)24/h4-11,14,21H,12-13H2,1-3H3,(H,22,24)(H,23,25). The van der Waals surface area contributed by atoms with E-state index in [0.29, 0.717) is 23.7 Å². The molecule has 0 atom stereocenters. The number of hydrogen-bond donors (Lipinski definition) is 3. The Labute approximate surface area is 170 Å². The molecule has 0 radical (unpaired) electrons. The van der Waals surface area contributed by atoms with Crippen LogP contribution in [0.1, 0.15) is 20.8 Å². The van der Waals surface area contributed by atoms with E-state index in [-0.39, 0.29) is 29.2 Å². The van der Waals surface area contributed by atoms with Crippen molar-refractivity contribution in [2.45, 2.75) is 25.7 Å². The second-order valence-electron chi connectivity index (χ2n) is 6.81. The van der Waals surface area contributed by atoms with Gasteiger partial charge in [-0.25, -0.2) is 13.1 Å². The number of nitrogens with one attached hydrogen (secondary N) is 3. The van der Waals surface area contributed by atoms with Gasteiger partial charge in [0, 0.05) is 24.8 Å². The number of anilines is 2. The number of carbonyl (C=O) groups excluding carboxylic acids is 2. The summed E-state index contributed by atoms with van der Waals surface area (Å²) < 4.78 is 32.3. The van der Waals surface area contributed by atoms with E-state index in [4.69, 9.17) is 4.74 Å². The van der Waals surface area contributed by atoms with E-state index in [9.17, 15) is 18.0 Å². The SMILES string of the molecule is CC(=O)Nc1ccc(NC(=O)COc2ccc(S(=O)(=O)NCC(C)C)cc2)cc1. The van der Waals surface area contributed by atoms with Crippen LogP contribution in [0, 0.1) is 5.92 Å². The van der Waals surface area contributed by atoms with E-state index in [1.54, 1.807) is 24.3 Å². The Hall–Kier alpha value is -2.91. The zero-order valence-electron chi connectivity index (χ0n) is 16.6. The maximum Gasteiger partial charge on any atom is 0.262 e.